The molecule has 128 valence electrons. The molecular formula is C17H26N2O4. The summed E-state index contributed by atoms with van der Waals surface area (Å²) in [7, 11) is 1.72. The third-order valence-corrected chi connectivity index (χ3v) is 3.98. The molecule has 0 radical (unpaired) electrons. The molecule has 0 bridgehead atoms. The second-order valence-electron chi connectivity index (χ2n) is 6.93. The predicted molar refractivity (Wildman–Crippen MR) is 88.9 cm³/mol. The topological polar surface area (TPSA) is 69.6 Å². The number of pyridine rings is 1. The van der Waals surface area contributed by atoms with Crippen LogP contribution in [0.4, 0.5) is 10.5 Å². The first-order chi connectivity index (χ1) is 10.8. The molecule has 1 amide bonds. The Balaban J connectivity index is 2.10. The third-order valence-electron chi connectivity index (χ3n) is 3.98. The number of carbonyl (C=O) groups is 1. The number of anilines is 1. The largest absolute Gasteiger partial charge is 0.444 e. The van der Waals surface area contributed by atoms with Gasteiger partial charge in [0.2, 0.25) is 0 Å². The van der Waals surface area contributed by atoms with E-state index in [4.69, 9.17) is 9.47 Å². The highest BCUT2D eigenvalue weighted by atomic mass is 16.6. The molecule has 0 atom stereocenters. The monoisotopic (exact) mass is 322 g/mol. The summed E-state index contributed by atoms with van der Waals surface area (Å²) < 4.78 is 12.3. The Morgan fingerprint density at radius 3 is 2.48 bits per heavy atom. The SMILES string of the molecule is CO[C@H]1CC[C@@H](n2cccc(NC(=O)OC(C)(C)C)c2=O)CC1. The molecule has 1 N–H and O–H groups in total. The van der Waals surface area contributed by atoms with Crippen molar-refractivity contribution in [3.8, 4) is 0 Å². The fourth-order valence-corrected chi connectivity index (χ4v) is 2.87. The number of nitrogens with zero attached hydrogens (tertiary/aromatic N) is 1. The van der Waals surface area contributed by atoms with Crippen molar-refractivity contribution in [1.29, 1.82) is 0 Å². The summed E-state index contributed by atoms with van der Waals surface area (Å²) in [6.45, 7) is 5.35. The summed E-state index contributed by atoms with van der Waals surface area (Å²) in [6.07, 6.45) is 5.12. The van der Waals surface area contributed by atoms with Crippen molar-refractivity contribution >= 4 is 11.8 Å². The maximum atomic E-state index is 12.6. The summed E-state index contributed by atoms with van der Waals surface area (Å²) in [5.41, 5.74) is -0.550. The van der Waals surface area contributed by atoms with Crippen molar-refractivity contribution in [2.24, 2.45) is 0 Å². The average Bonchev–Trinajstić information content (AvgIpc) is 2.48. The highest BCUT2D eigenvalue weighted by molar-refractivity contribution is 5.84. The van der Waals surface area contributed by atoms with Crippen LogP contribution in [0.2, 0.25) is 0 Å². The van der Waals surface area contributed by atoms with Gasteiger partial charge in [-0.25, -0.2) is 4.79 Å². The van der Waals surface area contributed by atoms with Crippen LogP contribution < -0.4 is 10.9 Å². The molecule has 1 aromatic rings. The first kappa shape index (κ1) is 17.5. The van der Waals surface area contributed by atoms with Crippen LogP contribution in [0, 0.1) is 0 Å². The highest BCUT2D eigenvalue weighted by Crippen LogP contribution is 2.28. The molecule has 1 aromatic heterocycles. The third kappa shape index (κ3) is 4.82. The molecule has 1 fully saturated rings. The lowest BCUT2D eigenvalue weighted by molar-refractivity contribution is 0.0580. The minimum atomic E-state index is -0.615. The Morgan fingerprint density at radius 1 is 1.26 bits per heavy atom. The zero-order valence-electron chi connectivity index (χ0n) is 14.3. The van der Waals surface area contributed by atoms with Crippen LogP contribution >= 0.6 is 0 Å². The van der Waals surface area contributed by atoms with E-state index < -0.39 is 11.7 Å². The predicted octanol–water partition coefficient (Wildman–Crippen LogP) is 3.33. The molecular weight excluding hydrogens is 296 g/mol. The molecule has 6 heteroatoms. The fourth-order valence-electron chi connectivity index (χ4n) is 2.87. The van der Waals surface area contributed by atoms with Crippen LogP contribution in [0.3, 0.4) is 0 Å². The van der Waals surface area contributed by atoms with Crippen LogP contribution in [0.1, 0.15) is 52.5 Å². The maximum absolute atomic E-state index is 12.6. The second-order valence-corrected chi connectivity index (χ2v) is 6.93. The smallest absolute Gasteiger partial charge is 0.412 e. The quantitative estimate of drug-likeness (QED) is 0.927. The van der Waals surface area contributed by atoms with E-state index in [2.05, 4.69) is 5.32 Å². The lowest BCUT2D eigenvalue weighted by atomic mass is 9.92. The van der Waals surface area contributed by atoms with Gasteiger partial charge in [-0.15, -0.1) is 0 Å². The molecule has 23 heavy (non-hydrogen) atoms. The van der Waals surface area contributed by atoms with E-state index in [9.17, 15) is 9.59 Å². The van der Waals surface area contributed by atoms with Crippen LogP contribution in [0.25, 0.3) is 0 Å². The molecule has 0 spiro atoms. The fraction of sp³-hybridized carbons (Fsp3) is 0.647. The maximum Gasteiger partial charge on any atom is 0.412 e. The van der Waals surface area contributed by atoms with Crippen LogP contribution in [0.15, 0.2) is 23.1 Å². The molecule has 6 nitrogen and oxygen atoms in total. The second kappa shape index (κ2) is 7.17. The molecule has 1 aliphatic carbocycles. The van der Waals surface area contributed by atoms with Crippen molar-refractivity contribution in [2.75, 3.05) is 12.4 Å². The molecule has 1 aliphatic rings. The normalized spacial score (nSPS) is 21.7. The Bertz CT molecular complexity index is 595. The zero-order valence-corrected chi connectivity index (χ0v) is 14.3. The highest BCUT2D eigenvalue weighted by Gasteiger charge is 2.24. The van der Waals surface area contributed by atoms with Gasteiger partial charge in [-0.05, 0) is 58.6 Å². The van der Waals surface area contributed by atoms with Gasteiger partial charge in [0.15, 0.2) is 0 Å². The number of ether oxygens (including phenoxy) is 2. The van der Waals surface area contributed by atoms with Crippen molar-refractivity contribution in [2.45, 2.75) is 64.2 Å². The van der Waals surface area contributed by atoms with Gasteiger partial charge in [-0.2, -0.15) is 0 Å². The summed E-state index contributed by atoms with van der Waals surface area (Å²) in [4.78, 5) is 24.4. The van der Waals surface area contributed by atoms with Gasteiger partial charge in [-0.3, -0.25) is 10.1 Å². The Kier molecular flexibility index (Phi) is 5.46. The first-order valence-electron chi connectivity index (χ1n) is 8.04. The van der Waals surface area contributed by atoms with Crippen molar-refractivity contribution in [3.05, 3.63) is 28.7 Å². The van der Waals surface area contributed by atoms with E-state index in [-0.39, 0.29) is 23.4 Å². The molecule has 0 saturated heterocycles. The van der Waals surface area contributed by atoms with Crippen LogP contribution in [0.5, 0.6) is 0 Å². The van der Waals surface area contributed by atoms with Crippen LogP contribution in [-0.2, 0) is 9.47 Å². The number of hydrogen-bond donors (Lipinski definition) is 1. The van der Waals surface area contributed by atoms with E-state index in [1.165, 1.54) is 0 Å². The lowest BCUT2D eigenvalue weighted by Crippen LogP contribution is -2.33. The molecule has 0 unspecified atom stereocenters. The van der Waals surface area contributed by atoms with E-state index >= 15 is 0 Å². The summed E-state index contributed by atoms with van der Waals surface area (Å²) in [5.74, 6) is 0. The molecule has 0 aromatic carbocycles. The van der Waals surface area contributed by atoms with Crippen molar-refractivity contribution < 1.29 is 14.3 Å². The Labute approximate surface area is 136 Å². The van der Waals surface area contributed by atoms with E-state index in [1.54, 1.807) is 50.8 Å². The van der Waals surface area contributed by atoms with E-state index in [1.807, 2.05) is 0 Å². The average molecular weight is 322 g/mol. The number of nitrogens with one attached hydrogen (secondary N) is 1. The Hall–Kier alpha value is -1.82. The molecule has 0 aliphatic heterocycles. The summed E-state index contributed by atoms with van der Waals surface area (Å²) in [6, 6.07) is 3.52. The number of amides is 1. The number of carbonyl (C=O) groups excluding carboxylic acids is 1. The van der Waals surface area contributed by atoms with Crippen molar-refractivity contribution in [1.82, 2.24) is 4.57 Å². The molecule has 1 saturated carbocycles. The minimum Gasteiger partial charge on any atom is -0.444 e. The molecule has 1 heterocycles. The number of hydrogen-bond acceptors (Lipinski definition) is 4. The Morgan fingerprint density at radius 2 is 1.91 bits per heavy atom. The lowest BCUT2D eigenvalue weighted by Gasteiger charge is -2.29. The van der Waals surface area contributed by atoms with E-state index in [0.717, 1.165) is 25.7 Å². The van der Waals surface area contributed by atoms with Gasteiger partial charge in [0, 0.05) is 19.3 Å². The molecule has 2 rings (SSSR count). The van der Waals surface area contributed by atoms with E-state index in [0.29, 0.717) is 0 Å². The first-order valence-corrected chi connectivity index (χ1v) is 8.04. The van der Waals surface area contributed by atoms with Gasteiger partial charge < -0.3 is 14.0 Å². The van der Waals surface area contributed by atoms with Gasteiger partial charge in [0.05, 0.1) is 6.10 Å². The number of rotatable bonds is 3. The van der Waals surface area contributed by atoms with Gasteiger partial charge in [0.1, 0.15) is 11.3 Å². The van der Waals surface area contributed by atoms with Crippen LogP contribution in [-0.4, -0.2) is 29.5 Å². The number of methoxy groups -OCH3 is 1. The van der Waals surface area contributed by atoms with Gasteiger partial charge in [0.25, 0.3) is 5.56 Å². The minimum absolute atomic E-state index is 0.147. The summed E-state index contributed by atoms with van der Waals surface area (Å²) in [5, 5.41) is 2.55. The number of aromatic nitrogens is 1. The standard InChI is InChI=1S/C17H26N2O4/c1-17(2,3)23-16(21)18-14-6-5-11-19(15(14)20)12-7-9-13(22-4)10-8-12/h5-6,11-13H,7-10H2,1-4H3,(H,18,21)/t12-,13+. The summed E-state index contributed by atoms with van der Waals surface area (Å²) >= 11 is 0. The van der Waals surface area contributed by atoms with Gasteiger partial charge >= 0.3 is 6.09 Å². The van der Waals surface area contributed by atoms with Gasteiger partial charge in [-0.1, -0.05) is 0 Å². The zero-order chi connectivity index (χ0) is 17.0. The van der Waals surface area contributed by atoms with Crippen molar-refractivity contribution in [3.63, 3.8) is 0 Å².